The van der Waals surface area contributed by atoms with Gasteiger partial charge in [0.05, 0.1) is 17.0 Å². The maximum Gasteiger partial charge on any atom is 0.308 e. The van der Waals surface area contributed by atoms with E-state index in [9.17, 15) is 24.5 Å². The summed E-state index contributed by atoms with van der Waals surface area (Å²) in [6.07, 6.45) is -0.0760. The summed E-state index contributed by atoms with van der Waals surface area (Å²) in [7, 11) is 0. The molecule has 0 aromatic heterocycles. The van der Waals surface area contributed by atoms with Crippen LogP contribution in [-0.2, 0) is 14.3 Å². The molecule has 0 aliphatic carbocycles. The molecule has 1 aliphatic heterocycles. The zero-order valence-corrected chi connectivity index (χ0v) is 15.2. The lowest BCUT2D eigenvalue weighted by atomic mass is 10.1. The van der Waals surface area contributed by atoms with E-state index in [2.05, 4.69) is 10.6 Å². The van der Waals surface area contributed by atoms with E-state index in [0.717, 1.165) is 0 Å². The molecule has 150 valence electrons. The van der Waals surface area contributed by atoms with Crippen molar-refractivity contribution < 1.29 is 28.8 Å². The Kier molecular flexibility index (Phi) is 6.03. The number of nitrogens with one attached hydrogen (secondary N) is 2. The van der Waals surface area contributed by atoms with Crippen LogP contribution in [-0.4, -0.2) is 42.3 Å². The first-order chi connectivity index (χ1) is 13.9. The Morgan fingerprint density at radius 3 is 2.83 bits per heavy atom. The van der Waals surface area contributed by atoms with Crippen LogP contribution < -0.4 is 15.4 Å². The summed E-state index contributed by atoms with van der Waals surface area (Å²) >= 11 is 0. The van der Waals surface area contributed by atoms with Gasteiger partial charge in [-0.05, 0) is 24.3 Å². The number of esters is 1. The van der Waals surface area contributed by atoms with Crippen LogP contribution in [0.25, 0.3) is 0 Å². The average molecular weight is 399 g/mol. The first-order valence-corrected chi connectivity index (χ1v) is 8.67. The molecule has 10 heteroatoms. The maximum absolute atomic E-state index is 12.2. The Balaban J connectivity index is 1.47. The summed E-state index contributed by atoms with van der Waals surface area (Å²) in [4.78, 5) is 45.8. The fourth-order valence-corrected chi connectivity index (χ4v) is 2.64. The zero-order chi connectivity index (χ0) is 20.8. The number of fused-ring (bicyclic) bond motifs is 1. The Morgan fingerprint density at radius 1 is 1.24 bits per heavy atom. The number of amides is 1. The molecular weight excluding hydrogens is 382 g/mol. The lowest BCUT2D eigenvalue weighted by molar-refractivity contribution is -0.384. The van der Waals surface area contributed by atoms with Crippen LogP contribution in [0.4, 0.5) is 17.1 Å². The second kappa shape index (κ2) is 8.83. The second-order valence-corrected chi connectivity index (χ2v) is 6.08. The Hall–Kier alpha value is -3.95. The van der Waals surface area contributed by atoms with Crippen molar-refractivity contribution in [3.63, 3.8) is 0 Å². The number of carbonyl (C=O) groups is 3. The summed E-state index contributed by atoms with van der Waals surface area (Å²) in [5.41, 5.74) is 0.840. The lowest BCUT2D eigenvalue weighted by Gasteiger charge is -2.18. The van der Waals surface area contributed by atoms with Crippen molar-refractivity contribution in [1.29, 1.82) is 0 Å². The van der Waals surface area contributed by atoms with Crippen molar-refractivity contribution in [1.82, 2.24) is 0 Å². The van der Waals surface area contributed by atoms with E-state index in [4.69, 9.17) is 9.47 Å². The van der Waals surface area contributed by atoms with Gasteiger partial charge in [-0.2, -0.15) is 0 Å². The van der Waals surface area contributed by atoms with Crippen LogP contribution in [0.2, 0.25) is 0 Å². The monoisotopic (exact) mass is 399 g/mol. The van der Waals surface area contributed by atoms with Crippen LogP contribution in [0.3, 0.4) is 0 Å². The zero-order valence-electron chi connectivity index (χ0n) is 15.2. The van der Waals surface area contributed by atoms with Crippen molar-refractivity contribution >= 4 is 34.7 Å². The van der Waals surface area contributed by atoms with E-state index >= 15 is 0 Å². The van der Waals surface area contributed by atoms with Gasteiger partial charge in [-0.15, -0.1) is 0 Å². The van der Waals surface area contributed by atoms with E-state index in [1.165, 1.54) is 24.3 Å². The van der Waals surface area contributed by atoms with Gasteiger partial charge < -0.3 is 20.1 Å². The highest BCUT2D eigenvalue weighted by Crippen LogP contribution is 2.28. The molecule has 0 fully saturated rings. The number of Topliss-reactive ketones (excluding diaryl/α,β-unsaturated/α-hetero) is 1. The van der Waals surface area contributed by atoms with Gasteiger partial charge in [-0.3, -0.25) is 24.5 Å². The van der Waals surface area contributed by atoms with Crippen LogP contribution in [0.1, 0.15) is 16.8 Å². The molecule has 1 amide bonds. The van der Waals surface area contributed by atoms with Gasteiger partial charge in [0.2, 0.25) is 0 Å². The van der Waals surface area contributed by atoms with Gasteiger partial charge in [-0.25, -0.2) is 0 Å². The highest BCUT2D eigenvalue weighted by molar-refractivity contribution is 6.01. The van der Waals surface area contributed by atoms with E-state index in [-0.39, 0.29) is 36.7 Å². The number of nitro groups is 1. The van der Waals surface area contributed by atoms with Gasteiger partial charge in [-0.1, -0.05) is 12.1 Å². The molecule has 0 bridgehead atoms. The topological polar surface area (TPSA) is 137 Å². The number of ether oxygens (including phenoxy) is 2. The van der Waals surface area contributed by atoms with Crippen molar-refractivity contribution in [2.75, 3.05) is 30.4 Å². The Bertz CT molecular complexity index is 974. The molecule has 2 aromatic rings. The predicted octanol–water partition coefficient (Wildman–Crippen LogP) is 2.15. The normalized spacial score (nSPS) is 12.2. The molecular formula is C19H17N3O7. The van der Waals surface area contributed by atoms with Crippen molar-refractivity contribution in [2.45, 2.75) is 6.42 Å². The number of ketones is 1. The number of benzene rings is 2. The van der Waals surface area contributed by atoms with Crippen LogP contribution >= 0.6 is 0 Å². The number of para-hydroxylation sites is 2. The molecule has 0 atom stereocenters. The van der Waals surface area contributed by atoms with Crippen molar-refractivity contribution in [3.8, 4) is 5.75 Å². The molecule has 0 radical (unpaired) electrons. The fourth-order valence-electron chi connectivity index (χ4n) is 2.64. The van der Waals surface area contributed by atoms with Gasteiger partial charge >= 0.3 is 5.97 Å². The van der Waals surface area contributed by atoms with Gasteiger partial charge in [0.25, 0.3) is 11.6 Å². The molecule has 0 saturated heterocycles. The first-order valence-electron chi connectivity index (χ1n) is 8.67. The molecule has 1 heterocycles. The number of carbonyl (C=O) groups excluding carboxylic acids is 3. The standard InChI is InChI=1S/C19H17N3O7/c23-16(12-5-6-17-14(9-12)21-18(24)11-28-17)10-29-19(25)7-8-20-13-3-1-2-4-15(13)22(26)27/h1-6,9,20H,7-8,10-11H2,(H,21,24). The molecule has 29 heavy (non-hydrogen) atoms. The number of nitrogens with zero attached hydrogens (tertiary/aromatic N) is 1. The molecule has 2 N–H and O–H groups in total. The SMILES string of the molecule is O=C1COc2ccc(C(=O)COC(=O)CCNc3ccccc3[N+](=O)[O-])cc2N1. The van der Waals surface area contributed by atoms with Crippen molar-refractivity contribution in [2.24, 2.45) is 0 Å². The lowest BCUT2D eigenvalue weighted by Crippen LogP contribution is -2.25. The summed E-state index contributed by atoms with van der Waals surface area (Å²) in [6.45, 7) is -0.434. The predicted molar refractivity (Wildman–Crippen MR) is 102 cm³/mol. The molecule has 2 aromatic carbocycles. The second-order valence-electron chi connectivity index (χ2n) is 6.08. The largest absolute Gasteiger partial charge is 0.482 e. The Labute approximate surface area is 165 Å². The summed E-state index contributed by atoms with van der Waals surface area (Å²) < 4.78 is 10.2. The smallest absolute Gasteiger partial charge is 0.308 e. The van der Waals surface area contributed by atoms with Gasteiger partial charge in [0.1, 0.15) is 11.4 Å². The van der Waals surface area contributed by atoms with Crippen LogP contribution in [0.15, 0.2) is 42.5 Å². The fraction of sp³-hybridized carbons (Fsp3) is 0.211. The first kappa shape index (κ1) is 19.8. The number of rotatable bonds is 8. The molecule has 10 nitrogen and oxygen atoms in total. The quantitative estimate of drug-likeness (QED) is 0.298. The number of hydrogen-bond donors (Lipinski definition) is 2. The number of nitro benzene ring substituents is 1. The van der Waals surface area contributed by atoms with Gasteiger partial charge in [0.15, 0.2) is 19.0 Å². The summed E-state index contributed by atoms with van der Waals surface area (Å²) in [6, 6.07) is 10.6. The van der Waals surface area contributed by atoms with E-state index in [1.807, 2.05) is 0 Å². The number of hydrogen-bond acceptors (Lipinski definition) is 8. The minimum Gasteiger partial charge on any atom is -0.482 e. The molecule has 0 spiro atoms. The molecule has 3 rings (SSSR count). The molecule has 1 aliphatic rings. The van der Waals surface area contributed by atoms with E-state index in [0.29, 0.717) is 17.1 Å². The third-order valence-electron chi connectivity index (χ3n) is 4.04. The van der Waals surface area contributed by atoms with Crippen LogP contribution in [0.5, 0.6) is 5.75 Å². The molecule has 0 saturated carbocycles. The third-order valence-corrected chi connectivity index (χ3v) is 4.04. The average Bonchev–Trinajstić information content (AvgIpc) is 2.71. The highest BCUT2D eigenvalue weighted by atomic mass is 16.6. The minimum absolute atomic E-state index is 0.0760. The summed E-state index contributed by atoms with van der Waals surface area (Å²) in [5, 5.41) is 16.3. The Morgan fingerprint density at radius 2 is 2.03 bits per heavy atom. The molecule has 0 unspecified atom stereocenters. The summed E-state index contributed by atoms with van der Waals surface area (Å²) in [5.74, 6) is -0.925. The minimum atomic E-state index is -0.626. The maximum atomic E-state index is 12.2. The highest BCUT2D eigenvalue weighted by Gasteiger charge is 2.18. The van der Waals surface area contributed by atoms with Crippen molar-refractivity contribution in [3.05, 3.63) is 58.1 Å². The third kappa shape index (κ3) is 5.06. The van der Waals surface area contributed by atoms with Gasteiger partial charge in [0, 0.05) is 18.2 Å². The van der Waals surface area contributed by atoms with E-state index in [1.54, 1.807) is 18.2 Å². The van der Waals surface area contributed by atoms with E-state index < -0.39 is 23.3 Å². The van der Waals surface area contributed by atoms with Crippen LogP contribution in [0, 0.1) is 10.1 Å². The number of anilines is 2.